The molecule has 0 radical (unpaired) electrons. The Morgan fingerprint density at radius 1 is 1.03 bits per heavy atom. The highest BCUT2D eigenvalue weighted by Crippen LogP contribution is 2.25. The number of nitrogens with one attached hydrogen (secondary N) is 1. The lowest BCUT2D eigenvalue weighted by atomic mass is 10.0. The average molecular weight is 421 g/mol. The molecule has 1 unspecified atom stereocenters. The molecule has 0 saturated carbocycles. The van der Waals surface area contributed by atoms with Crippen molar-refractivity contribution in [2.45, 2.75) is 18.9 Å². The van der Waals surface area contributed by atoms with Crippen LogP contribution < -0.4 is 9.88 Å². The Morgan fingerprint density at radius 2 is 1.75 bits per heavy atom. The maximum absolute atomic E-state index is 13.4. The molecular weight excluding hydrogens is 394 g/mol. The number of hydrogen-bond acceptors (Lipinski definition) is 3. The molecule has 4 rings (SSSR count). The summed E-state index contributed by atoms with van der Waals surface area (Å²) >= 11 is 0. The third-order valence-electron chi connectivity index (χ3n) is 5.37. The number of benzene rings is 2. The van der Waals surface area contributed by atoms with Crippen molar-refractivity contribution in [1.29, 1.82) is 0 Å². The zero-order chi connectivity index (χ0) is 22.3. The Kier molecular flexibility index (Phi) is 6.52. The van der Waals surface area contributed by atoms with Gasteiger partial charge in [-0.3, -0.25) is 5.32 Å². The summed E-state index contributed by atoms with van der Waals surface area (Å²) < 4.78 is 1.72. The van der Waals surface area contributed by atoms with Gasteiger partial charge in [-0.05, 0) is 11.1 Å². The van der Waals surface area contributed by atoms with Crippen LogP contribution in [0.1, 0.15) is 22.5 Å². The SMILES string of the molecule is C=C/C=C\C(=C/C=C)CC1Nc2c(Cc3ccccc3)nc(-c3ccccc3)c[n+]2C1=O. The molecule has 32 heavy (non-hydrogen) atoms. The minimum atomic E-state index is -0.377. The van der Waals surface area contributed by atoms with Gasteiger partial charge in [0.15, 0.2) is 6.04 Å². The number of carbonyl (C=O) groups excluding carboxylic acids is 1. The molecule has 0 saturated heterocycles. The molecule has 1 aliphatic rings. The molecule has 2 aromatic carbocycles. The van der Waals surface area contributed by atoms with Gasteiger partial charge in [0, 0.05) is 18.4 Å². The standard InChI is InChI=1S/C28H25N3O/c1-3-5-13-21(12-4-2)19-25-28(32)31-20-26(23-16-10-7-11-17-23)29-24(27(31)30-25)18-22-14-8-6-9-15-22/h3-17,20,25H,1-2,18-19H2/p+1/b13-5-,21-12+. The van der Waals surface area contributed by atoms with Crippen molar-refractivity contribution < 1.29 is 9.36 Å². The summed E-state index contributed by atoms with van der Waals surface area (Å²) in [5.74, 6) is 0.769. The number of aromatic nitrogens is 2. The maximum atomic E-state index is 13.4. The van der Waals surface area contributed by atoms with E-state index in [-0.39, 0.29) is 11.9 Å². The predicted molar refractivity (Wildman–Crippen MR) is 129 cm³/mol. The van der Waals surface area contributed by atoms with Crippen molar-refractivity contribution >= 4 is 11.7 Å². The molecular formula is C28H26N3O+. The molecule has 3 aromatic rings. The Hall–Kier alpha value is -4.05. The predicted octanol–water partition coefficient (Wildman–Crippen LogP) is 5.31. The molecule has 1 N–H and O–H groups in total. The molecule has 0 spiro atoms. The minimum Gasteiger partial charge on any atom is -0.258 e. The summed E-state index contributed by atoms with van der Waals surface area (Å²) in [4.78, 5) is 18.3. The van der Waals surface area contributed by atoms with Gasteiger partial charge in [0.25, 0.3) is 0 Å². The molecule has 0 amide bonds. The summed E-state index contributed by atoms with van der Waals surface area (Å²) in [6.45, 7) is 7.52. The van der Waals surface area contributed by atoms with Crippen LogP contribution in [0.3, 0.4) is 0 Å². The number of hydrogen-bond donors (Lipinski definition) is 1. The third kappa shape index (κ3) is 4.65. The Bertz CT molecular complexity index is 1190. The van der Waals surface area contributed by atoms with Crippen LogP contribution in [0, 0.1) is 0 Å². The van der Waals surface area contributed by atoms with E-state index < -0.39 is 0 Å². The van der Waals surface area contributed by atoms with Crippen LogP contribution in [0.2, 0.25) is 0 Å². The zero-order valence-electron chi connectivity index (χ0n) is 17.9. The smallest absolute Gasteiger partial charge is 0.258 e. The quantitative estimate of drug-likeness (QED) is 0.397. The zero-order valence-corrected chi connectivity index (χ0v) is 17.9. The summed E-state index contributed by atoms with van der Waals surface area (Å²) in [6, 6.07) is 19.8. The second-order valence-corrected chi connectivity index (χ2v) is 7.63. The second kappa shape index (κ2) is 9.84. The highest BCUT2D eigenvalue weighted by atomic mass is 16.2. The minimum absolute atomic E-state index is 0.0101. The topological polar surface area (TPSA) is 45.9 Å². The molecule has 1 aliphatic heterocycles. The molecule has 1 aromatic heterocycles. The molecule has 2 heterocycles. The van der Waals surface area contributed by atoms with Crippen molar-refractivity contribution in [3.8, 4) is 11.3 Å². The van der Waals surface area contributed by atoms with Gasteiger partial charge < -0.3 is 0 Å². The first-order valence-corrected chi connectivity index (χ1v) is 10.7. The third-order valence-corrected chi connectivity index (χ3v) is 5.37. The molecule has 4 heteroatoms. The van der Waals surface area contributed by atoms with Gasteiger partial charge in [-0.25, -0.2) is 9.78 Å². The van der Waals surface area contributed by atoms with E-state index in [1.165, 1.54) is 0 Å². The lowest BCUT2D eigenvalue weighted by Crippen LogP contribution is -2.43. The lowest BCUT2D eigenvalue weighted by Gasteiger charge is -2.07. The summed E-state index contributed by atoms with van der Waals surface area (Å²) in [7, 11) is 0. The van der Waals surface area contributed by atoms with Crippen molar-refractivity contribution in [1.82, 2.24) is 4.98 Å². The van der Waals surface area contributed by atoms with Crippen molar-refractivity contribution in [2.75, 3.05) is 5.32 Å². The van der Waals surface area contributed by atoms with E-state index in [9.17, 15) is 4.79 Å². The first kappa shape index (κ1) is 21.2. The molecule has 0 fully saturated rings. The highest BCUT2D eigenvalue weighted by molar-refractivity contribution is 5.83. The number of carbonyl (C=O) groups is 1. The van der Waals surface area contributed by atoms with E-state index in [4.69, 9.17) is 4.98 Å². The fraction of sp³-hybridized carbons (Fsp3) is 0.107. The van der Waals surface area contributed by atoms with Gasteiger partial charge in [-0.2, -0.15) is 4.57 Å². The van der Waals surface area contributed by atoms with Gasteiger partial charge in [0.1, 0.15) is 17.6 Å². The molecule has 1 atom stereocenters. The molecule has 0 bridgehead atoms. The number of allylic oxidation sites excluding steroid dienone is 5. The van der Waals surface area contributed by atoms with Crippen LogP contribution in [-0.4, -0.2) is 16.9 Å². The van der Waals surface area contributed by atoms with Gasteiger partial charge in [0.05, 0.1) is 0 Å². The number of anilines is 1. The molecule has 4 nitrogen and oxygen atoms in total. The summed E-state index contributed by atoms with van der Waals surface area (Å²) in [5.41, 5.74) is 4.76. The Labute approximate surface area is 189 Å². The monoisotopic (exact) mass is 420 g/mol. The van der Waals surface area contributed by atoms with Crippen molar-refractivity contribution in [2.24, 2.45) is 0 Å². The van der Waals surface area contributed by atoms with Crippen LogP contribution in [0.15, 0.2) is 116 Å². The van der Waals surface area contributed by atoms with Gasteiger partial charge in [-0.1, -0.05) is 104 Å². The van der Waals surface area contributed by atoms with Crippen LogP contribution >= 0.6 is 0 Å². The fourth-order valence-corrected chi connectivity index (χ4v) is 3.84. The van der Waals surface area contributed by atoms with Crippen LogP contribution in [0.5, 0.6) is 0 Å². The first-order chi connectivity index (χ1) is 15.7. The largest absolute Gasteiger partial charge is 0.359 e. The van der Waals surface area contributed by atoms with Crippen molar-refractivity contribution in [3.63, 3.8) is 0 Å². The fourth-order valence-electron chi connectivity index (χ4n) is 3.84. The summed E-state index contributed by atoms with van der Waals surface area (Å²) in [5, 5.41) is 3.43. The van der Waals surface area contributed by atoms with Crippen molar-refractivity contribution in [3.05, 3.63) is 127 Å². The molecule has 0 aliphatic carbocycles. The highest BCUT2D eigenvalue weighted by Gasteiger charge is 2.41. The van der Waals surface area contributed by atoms with E-state index in [1.807, 2.05) is 73.0 Å². The van der Waals surface area contributed by atoms with E-state index in [0.29, 0.717) is 12.8 Å². The summed E-state index contributed by atoms with van der Waals surface area (Å²) in [6.07, 6.45) is 12.2. The Balaban J connectivity index is 1.73. The average Bonchev–Trinajstić information content (AvgIpc) is 3.14. The normalized spacial score (nSPS) is 15.4. The number of rotatable bonds is 8. The lowest BCUT2D eigenvalue weighted by molar-refractivity contribution is -0.552. The van der Waals surface area contributed by atoms with Crippen LogP contribution in [0.4, 0.5) is 5.82 Å². The second-order valence-electron chi connectivity index (χ2n) is 7.63. The Morgan fingerprint density at radius 3 is 2.44 bits per heavy atom. The first-order valence-electron chi connectivity index (χ1n) is 10.7. The van der Waals surface area contributed by atoms with E-state index in [1.54, 1.807) is 16.7 Å². The van der Waals surface area contributed by atoms with Crippen LogP contribution in [-0.2, 0) is 6.42 Å². The maximum Gasteiger partial charge on any atom is 0.359 e. The van der Waals surface area contributed by atoms with E-state index in [0.717, 1.165) is 33.9 Å². The number of nitrogens with zero attached hydrogens (tertiary/aromatic N) is 2. The van der Waals surface area contributed by atoms with Gasteiger partial charge in [-0.15, -0.1) is 0 Å². The van der Waals surface area contributed by atoms with Gasteiger partial charge in [0.2, 0.25) is 0 Å². The van der Waals surface area contributed by atoms with E-state index >= 15 is 0 Å². The van der Waals surface area contributed by atoms with Gasteiger partial charge >= 0.3 is 11.7 Å². The molecule has 158 valence electrons. The number of fused-ring (bicyclic) bond motifs is 1. The van der Waals surface area contributed by atoms with E-state index in [2.05, 4.69) is 30.6 Å². The van der Waals surface area contributed by atoms with Crippen LogP contribution in [0.25, 0.3) is 11.3 Å².